The van der Waals surface area contributed by atoms with E-state index in [9.17, 15) is 8.78 Å². The lowest BCUT2D eigenvalue weighted by Crippen LogP contribution is -2.27. The highest BCUT2D eigenvalue weighted by Crippen LogP contribution is 2.39. The van der Waals surface area contributed by atoms with Crippen molar-refractivity contribution in [3.63, 3.8) is 0 Å². The maximum absolute atomic E-state index is 12.8. The van der Waals surface area contributed by atoms with Crippen LogP contribution < -0.4 is 0 Å². The van der Waals surface area contributed by atoms with Crippen LogP contribution in [0.15, 0.2) is 0 Å². The van der Waals surface area contributed by atoms with Crippen LogP contribution in [0.1, 0.15) is 52.4 Å². The van der Waals surface area contributed by atoms with Crippen LogP contribution in [0.5, 0.6) is 0 Å². The quantitative estimate of drug-likeness (QED) is 0.624. The van der Waals surface area contributed by atoms with E-state index in [4.69, 9.17) is 0 Å². The minimum Gasteiger partial charge on any atom is -0.207 e. The number of rotatable bonds is 3. The zero-order chi connectivity index (χ0) is 9.90. The Hall–Kier alpha value is -0.140. The van der Waals surface area contributed by atoms with E-state index in [-0.39, 0.29) is 12.8 Å². The highest BCUT2D eigenvalue weighted by molar-refractivity contribution is 4.79. The second-order valence-corrected chi connectivity index (χ2v) is 4.46. The van der Waals surface area contributed by atoms with Crippen molar-refractivity contribution in [1.82, 2.24) is 0 Å². The lowest BCUT2D eigenvalue weighted by Gasteiger charge is -2.31. The lowest BCUT2D eigenvalue weighted by atomic mass is 9.78. The molecule has 0 saturated heterocycles. The van der Waals surface area contributed by atoms with Crippen LogP contribution in [0, 0.1) is 11.8 Å². The summed E-state index contributed by atoms with van der Waals surface area (Å²) in [7, 11) is 0. The predicted octanol–water partition coefficient (Wildman–Crippen LogP) is 4.25. The Balaban J connectivity index is 2.32. The summed E-state index contributed by atoms with van der Waals surface area (Å²) < 4.78 is 25.7. The Morgan fingerprint density at radius 2 is 1.85 bits per heavy atom. The zero-order valence-corrected chi connectivity index (χ0v) is 8.65. The molecule has 1 rings (SSSR count). The first-order valence-corrected chi connectivity index (χ1v) is 5.43. The van der Waals surface area contributed by atoms with Gasteiger partial charge in [0, 0.05) is 12.8 Å². The molecule has 0 aromatic carbocycles. The molecule has 0 nitrogen and oxygen atoms in total. The summed E-state index contributed by atoms with van der Waals surface area (Å²) in [5, 5.41) is 0. The molecule has 0 radical (unpaired) electrons. The van der Waals surface area contributed by atoms with Crippen molar-refractivity contribution in [2.24, 2.45) is 11.8 Å². The maximum Gasteiger partial charge on any atom is 0.248 e. The van der Waals surface area contributed by atoms with Gasteiger partial charge < -0.3 is 0 Å². The van der Waals surface area contributed by atoms with Crippen molar-refractivity contribution < 1.29 is 8.78 Å². The maximum atomic E-state index is 12.8. The normalized spacial score (nSPS) is 25.8. The summed E-state index contributed by atoms with van der Waals surface area (Å²) in [5.74, 6) is -1.16. The molecule has 1 atom stereocenters. The van der Waals surface area contributed by atoms with Gasteiger partial charge in [-0.3, -0.25) is 0 Å². The Kier molecular flexibility index (Phi) is 3.69. The zero-order valence-electron chi connectivity index (χ0n) is 8.65. The molecule has 78 valence electrons. The van der Waals surface area contributed by atoms with E-state index in [1.165, 1.54) is 12.8 Å². The number of halogens is 2. The van der Waals surface area contributed by atoms with Crippen LogP contribution in [-0.4, -0.2) is 5.92 Å². The van der Waals surface area contributed by atoms with Crippen LogP contribution in [-0.2, 0) is 0 Å². The van der Waals surface area contributed by atoms with Gasteiger partial charge in [-0.05, 0) is 24.7 Å². The van der Waals surface area contributed by atoms with E-state index in [1.54, 1.807) is 0 Å². The predicted molar refractivity (Wildman–Crippen MR) is 51.0 cm³/mol. The minimum atomic E-state index is -2.36. The van der Waals surface area contributed by atoms with Gasteiger partial charge in [0.05, 0.1) is 0 Å². The molecule has 2 heteroatoms. The number of hydrogen-bond acceptors (Lipinski definition) is 0. The van der Waals surface area contributed by atoms with Gasteiger partial charge >= 0.3 is 0 Å². The highest BCUT2D eigenvalue weighted by atomic mass is 19.3. The van der Waals surface area contributed by atoms with Crippen molar-refractivity contribution in [3.05, 3.63) is 0 Å². The van der Waals surface area contributed by atoms with Crippen LogP contribution in [0.2, 0.25) is 0 Å². The fourth-order valence-electron chi connectivity index (χ4n) is 2.32. The highest BCUT2D eigenvalue weighted by Gasteiger charge is 2.36. The number of hydrogen-bond donors (Lipinski definition) is 0. The summed E-state index contributed by atoms with van der Waals surface area (Å²) in [6.07, 6.45) is 4.06. The van der Waals surface area contributed by atoms with Crippen molar-refractivity contribution in [1.29, 1.82) is 0 Å². The summed E-state index contributed by atoms with van der Waals surface area (Å²) in [6.45, 7) is 4.37. The fourth-order valence-corrected chi connectivity index (χ4v) is 2.32. The monoisotopic (exact) mass is 190 g/mol. The van der Waals surface area contributed by atoms with Crippen molar-refractivity contribution >= 4 is 0 Å². The molecule has 1 unspecified atom stereocenters. The molecule has 0 bridgehead atoms. The smallest absolute Gasteiger partial charge is 0.207 e. The molecular formula is C11H20F2. The molecule has 0 heterocycles. The largest absolute Gasteiger partial charge is 0.248 e. The second kappa shape index (κ2) is 4.39. The van der Waals surface area contributed by atoms with Gasteiger partial charge in [-0.1, -0.05) is 26.7 Å². The Morgan fingerprint density at radius 3 is 2.31 bits per heavy atom. The van der Waals surface area contributed by atoms with Crippen LogP contribution in [0.3, 0.4) is 0 Å². The van der Waals surface area contributed by atoms with E-state index >= 15 is 0 Å². The fraction of sp³-hybridized carbons (Fsp3) is 1.00. The van der Waals surface area contributed by atoms with Crippen molar-refractivity contribution in [2.75, 3.05) is 0 Å². The molecule has 0 aromatic rings. The molecule has 1 aliphatic carbocycles. The molecule has 0 spiro atoms. The third-order valence-corrected chi connectivity index (χ3v) is 3.31. The molecule has 0 amide bonds. The third kappa shape index (κ3) is 3.24. The first-order valence-electron chi connectivity index (χ1n) is 5.43. The third-order valence-electron chi connectivity index (χ3n) is 3.31. The SMILES string of the molecule is CCCC(C)C1CCC(F)(F)CC1. The van der Waals surface area contributed by atoms with Crippen molar-refractivity contribution in [3.8, 4) is 0 Å². The summed E-state index contributed by atoms with van der Waals surface area (Å²) >= 11 is 0. The van der Waals surface area contributed by atoms with E-state index in [1.807, 2.05) is 0 Å². The summed E-state index contributed by atoms with van der Waals surface area (Å²) in [5.41, 5.74) is 0. The van der Waals surface area contributed by atoms with Gasteiger partial charge in [0.2, 0.25) is 5.92 Å². The molecule has 1 saturated carbocycles. The summed E-state index contributed by atoms with van der Waals surface area (Å²) in [4.78, 5) is 0. The first-order chi connectivity index (χ1) is 6.05. The Labute approximate surface area is 79.7 Å². The Morgan fingerprint density at radius 1 is 1.31 bits per heavy atom. The van der Waals surface area contributed by atoms with Gasteiger partial charge in [-0.2, -0.15) is 0 Å². The molecule has 13 heavy (non-hydrogen) atoms. The van der Waals surface area contributed by atoms with Crippen LogP contribution in [0.25, 0.3) is 0 Å². The van der Waals surface area contributed by atoms with E-state index in [2.05, 4.69) is 13.8 Å². The molecule has 0 aliphatic heterocycles. The first kappa shape index (κ1) is 10.9. The molecule has 0 aromatic heterocycles. The second-order valence-electron chi connectivity index (χ2n) is 4.46. The van der Waals surface area contributed by atoms with Gasteiger partial charge in [-0.15, -0.1) is 0 Å². The molecule has 1 aliphatic rings. The molecule has 0 N–H and O–H groups in total. The number of alkyl halides is 2. The van der Waals surface area contributed by atoms with Gasteiger partial charge in [0.25, 0.3) is 0 Å². The standard InChI is InChI=1S/C11H20F2/c1-3-4-9(2)10-5-7-11(12,13)8-6-10/h9-10H,3-8H2,1-2H3. The van der Waals surface area contributed by atoms with Gasteiger partial charge in [0.1, 0.15) is 0 Å². The van der Waals surface area contributed by atoms with Crippen LogP contribution >= 0.6 is 0 Å². The lowest BCUT2D eigenvalue weighted by molar-refractivity contribution is -0.0517. The summed E-state index contributed by atoms with van der Waals surface area (Å²) in [6, 6.07) is 0. The van der Waals surface area contributed by atoms with Crippen LogP contribution in [0.4, 0.5) is 8.78 Å². The average molecular weight is 190 g/mol. The molecular weight excluding hydrogens is 170 g/mol. The average Bonchev–Trinajstić information content (AvgIpc) is 2.04. The van der Waals surface area contributed by atoms with E-state index in [0.717, 1.165) is 12.8 Å². The Bertz CT molecular complexity index is 144. The van der Waals surface area contributed by atoms with Gasteiger partial charge in [0.15, 0.2) is 0 Å². The topological polar surface area (TPSA) is 0 Å². The van der Waals surface area contributed by atoms with Gasteiger partial charge in [-0.25, -0.2) is 8.78 Å². The van der Waals surface area contributed by atoms with E-state index in [0.29, 0.717) is 11.8 Å². The van der Waals surface area contributed by atoms with E-state index < -0.39 is 5.92 Å². The minimum absolute atomic E-state index is 0.117. The molecule has 1 fully saturated rings. The van der Waals surface area contributed by atoms with Crippen molar-refractivity contribution in [2.45, 2.75) is 58.3 Å².